The molecule has 0 spiro atoms. The average Bonchev–Trinajstić information content (AvgIpc) is 1.85. The zero-order chi connectivity index (χ0) is 8.27. The van der Waals surface area contributed by atoms with Crippen LogP contribution in [0.4, 0.5) is 0 Å². The Hall–Kier alpha value is -1.12. The van der Waals surface area contributed by atoms with Crippen molar-refractivity contribution in [2.24, 2.45) is 0 Å². The number of aryl methyl sites for hydroxylation is 1. The minimum Gasteiger partial charge on any atom is -0.475 e. The fraction of sp³-hybridized carbons (Fsp3) is 0.500. The van der Waals surface area contributed by atoms with Gasteiger partial charge in [0, 0.05) is 6.07 Å². The van der Waals surface area contributed by atoms with Gasteiger partial charge in [-0.15, -0.1) is 0 Å². The van der Waals surface area contributed by atoms with Crippen molar-refractivity contribution in [3.8, 4) is 5.88 Å². The molecular formula is C8H11N2O. The molecule has 3 nitrogen and oxygen atoms in total. The molecule has 0 aromatic carbocycles. The first kappa shape index (κ1) is 7.98. The van der Waals surface area contributed by atoms with Crippen LogP contribution in [0.1, 0.15) is 19.7 Å². The van der Waals surface area contributed by atoms with Gasteiger partial charge in [-0.1, -0.05) is 0 Å². The third kappa shape index (κ3) is 2.53. The van der Waals surface area contributed by atoms with Crippen molar-refractivity contribution in [3.05, 3.63) is 18.1 Å². The van der Waals surface area contributed by atoms with Crippen LogP contribution in [-0.4, -0.2) is 16.1 Å². The van der Waals surface area contributed by atoms with Crippen molar-refractivity contribution >= 4 is 0 Å². The zero-order valence-corrected chi connectivity index (χ0v) is 6.96. The molecule has 0 N–H and O–H groups in total. The number of hydrogen-bond donors (Lipinski definition) is 0. The summed E-state index contributed by atoms with van der Waals surface area (Å²) in [6.07, 6.45) is 2.85. The third-order valence-electron chi connectivity index (χ3n) is 1.04. The van der Waals surface area contributed by atoms with Gasteiger partial charge in [0.05, 0.1) is 12.3 Å². The number of ether oxygens (including phenoxy) is 1. The Morgan fingerprint density at radius 3 is 2.82 bits per heavy atom. The van der Waals surface area contributed by atoms with Crippen molar-refractivity contribution in [3.63, 3.8) is 0 Å². The van der Waals surface area contributed by atoms with Gasteiger partial charge in [0.2, 0.25) is 5.88 Å². The van der Waals surface area contributed by atoms with Gasteiger partial charge in [-0.25, -0.2) is 4.98 Å². The quantitative estimate of drug-likeness (QED) is 0.640. The van der Waals surface area contributed by atoms with Gasteiger partial charge in [-0.05, 0) is 20.8 Å². The van der Waals surface area contributed by atoms with Gasteiger partial charge in [-0.3, -0.25) is 0 Å². The molecule has 0 bridgehead atoms. The first-order valence-corrected chi connectivity index (χ1v) is 3.57. The van der Waals surface area contributed by atoms with Crippen molar-refractivity contribution in [2.45, 2.75) is 26.9 Å². The molecule has 0 fully saturated rings. The van der Waals surface area contributed by atoms with E-state index in [1.165, 1.54) is 0 Å². The van der Waals surface area contributed by atoms with E-state index in [0.717, 1.165) is 0 Å². The van der Waals surface area contributed by atoms with Gasteiger partial charge in [0.1, 0.15) is 5.82 Å². The summed E-state index contributed by atoms with van der Waals surface area (Å²) in [5.41, 5.74) is 0. The molecule has 0 saturated carbocycles. The lowest BCUT2D eigenvalue weighted by Gasteiger charge is -2.07. The molecule has 1 aromatic rings. The topological polar surface area (TPSA) is 35.0 Å². The summed E-state index contributed by atoms with van der Waals surface area (Å²) in [7, 11) is 0. The van der Waals surface area contributed by atoms with Gasteiger partial charge >= 0.3 is 0 Å². The monoisotopic (exact) mass is 151 g/mol. The predicted molar refractivity (Wildman–Crippen MR) is 41.4 cm³/mol. The van der Waals surface area contributed by atoms with Crippen molar-refractivity contribution < 1.29 is 4.74 Å². The number of rotatable bonds is 2. The molecule has 1 radical (unpaired) electrons. The van der Waals surface area contributed by atoms with E-state index in [9.17, 15) is 0 Å². The molecule has 0 aliphatic rings. The molecule has 0 atom stereocenters. The fourth-order valence-corrected chi connectivity index (χ4v) is 0.700. The smallest absolute Gasteiger partial charge is 0.217 e. The van der Waals surface area contributed by atoms with Crippen LogP contribution >= 0.6 is 0 Å². The van der Waals surface area contributed by atoms with E-state index in [0.29, 0.717) is 11.7 Å². The molecule has 0 saturated heterocycles. The normalized spacial score (nSPS) is 10.2. The highest BCUT2D eigenvalue weighted by atomic mass is 16.5. The van der Waals surface area contributed by atoms with Gasteiger partial charge < -0.3 is 4.74 Å². The van der Waals surface area contributed by atoms with Gasteiger partial charge in [-0.2, -0.15) is 4.98 Å². The van der Waals surface area contributed by atoms with Crippen molar-refractivity contribution in [1.29, 1.82) is 0 Å². The van der Waals surface area contributed by atoms with Crippen LogP contribution in [0.5, 0.6) is 5.88 Å². The minimum atomic E-state index is 0.151. The highest BCUT2D eigenvalue weighted by molar-refractivity contribution is 5.06. The van der Waals surface area contributed by atoms with Crippen molar-refractivity contribution in [1.82, 2.24) is 9.97 Å². The van der Waals surface area contributed by atoms with Gasteiger partial charge in [0.15, 0.2) is 0 Å². The highest BCUT2D eigenvalue weighted by Crippen LogP contribution is 2.05. The Morgan fingerprint density at radius 1 is 1.55 bits per heavy atom. The first-order valence-electron chi connectivity index (χ1n) is 3.57. The van der Waals surface area contributed by atoms with Crippen LogP contribution in [-0.2, 0) is 0 Å². The second kappa shape index (κ2) is 3.32. The second-order valence-electron chi connectivity index (χ2n) is 2.55. The van der Waals surface area contributed by atoms with Crippen LogP contribution in [0.15, 0.2) is 6.07 Å². The Kier molecular flexibility index (Phi) is 2.41. The first-order chi connectivity index (χ1) is 5.18. The molecule has 1 rings (SSSR count). The summed E-state index contributed by atoms with van der Waals surface area (Å²) in [6, 6.07) is 1.63. The SMILES string of the molecule is Cc1n[c]cc(OC(C)C)n1. The highest BCUT2D eigenvalue weighted by Gasteiger charge is 1.98. The maximum absolute atomic E-state index is 5.31. The summed E-state index contributed by atoms with van der Waals surface area (Å²) in [6.45, 7) is 5.72. The van der Waals surface area contributed by atoms with Gasteiger partial charge in [0.25, 0.3) is 0 Å². The molecule has 0 aliphatic carbocycles. The molecule has 3 heteroatoms. The summed E-state index contributed by atoms with van der Waals surface area (Å²) in [5, 5.41) is 0. The van der Waals surface area contributed by atoms with E-state index < -0.39 is 0 Å². The van der Waals surface area contributed by atoms with Crippen LogP contribution in [0.25, 0.3) is 0 Å². The summed E-state index contributed by atoms with van der Waals surface area (Å²) < 4.78 is 5.31. The molecule has 11 heavy (non-hydrogen) atoms. The lowest BCUT2D eigenvalue weighted by atomic mass is 10.5. The molecule has 1 aromatic heterocycles. The van der Waals surface area contributed by atoms with E-state index in [1.54, 1.807) is 6.07 Å². The van der Waals surface area contributed by atoms with Crippen LogP contribution in [0.2, 0.25) is 0 Å². The van der Waals surface area contributed by atoms with Crippen molar-refractivity contribution in [2.75, 3.05) is 0 Å². The van der Waals surface area contributed by atoms with E-state index >= 15 is 0 Å². The molecule has 0 amide bonds. The molecule has 0 aliphatic heterocycles. The third-order valence-corrected chi connectivity index (χ3v) is 1.04. The number of hydrogen-bond acceptors (Lipinski definition) is 3. The van der Waals surface area contributed by atoms with E-state index in [1.807, 2.05) is 20.8 Å². The number of aromatic nitrogens is 2. The van der Waals surface area contributed by atoms with E-state index in [4.69, 9.17) is 4.74 Å². The lowest BCUT2D eigenvalue weighted by Crippen LogP contribution is -2.07. The van der Waals surface area contributed by atoms with E-state index in [2.05, 4.69) is 16.2 Å². The summed E-state index contributed by atoms with van der Waals surface area (Å²) in [4.78, 5) is 7.88. The Morgan fingerprint density at radius 2 is 2.27 bits per heavy atom. The largest absolute Gasteiger partial charge is 0.475 e. The van der Waals surface area contributed by atoms with E-state index in [-0.39, 0.29) is 6.10 Å². The molecular weight excluding hydrogens is 140 g/mol. The fourth-order valence-electron chi connectivity index (χ4n) is 0.700. The minimum absolute atomic E-state index is 0.151. The predicted octanol–water partition coefficient (Wildman–Crippen LogP) is 1.37. The molecule has 0 unspecified atom stereocenters. The molecule has 59 valence electrons. The van der Waals surface area contributed by atoms with Crippen LogP contribution in [0.3, 0.4) is 0 Å². The lowest BCUT2D eigenvalue weighted by molar-refractivity contribution is 0.231. The second-order valence-corrected chi connectivity index (χ2v) is 2.55. The maximum Gasteiger partial charge on any atom is 0.217 e. The summed E-state index contributed by atoms with van der Waals surface area (Å²) in [5.74, 6) is 1.27. The Labute approximate surface area is 66.4 Å². The maximum atomic E-state index is 5.31. The Balaban J connectivity index is 2.71. The molecule has 1 heterocycles. The van der Waals surface area contributed by atoms with Crippen LogP contribution in [0, 0.1) is 13.1 Å². The zero-order valence-electron chi connectivity index (χ0n) is 6.96. The Bertz CT molecular complexity index is 235. The average molecular weight is 151 g/mol. The number of nitrogens with zero attached hydrogens (tertiary/aromatic N) is 2. The van der Waals surface area contributed by atoms with Crippen LogP contribution < -0.4 is 4.74 Å². The summed E-state index contributed by atoms with van der Waals surface area (Å²) >= 11 is 0. The standard InChI is InChI=1S/C8H11N2O/c1-6(2)11-8-4-5-9-7(3)10-8/h4,6H,1-3H3.